The molecule has 2 aliphatic heterocycles. The van der Waals surface area contributed by atoms with Crippen LogP contribution >= 0.6 is 0 Å². The lowest BCUT2D eigenvalue weighted by molar-refractivity contribution is 0.0879. The number of aromatic nitrogens is 1. The van der Waals surface area contributed by atoms with Crippen LogP contribution in [0.15, 0.2) is 41.4 Å². The van der Waals surface area contributed by atoms with Crippen LogP contribution in [0.5, 0.6) is 0 Å². The van der Waals surface area contributed by atoms with Gasteiger partial charge in [0.2, 0.25) is 10.0 Å². The molecule has 0 spiro atoms. The fourth-order valence-electron chi connectivity index (χ4n) is 3.20. The number of rotatable bonds is 5. The molecule has 146 valence electrons. The number of fused-ring (bicyclic) bond motifs is 1. The summed E-state index contributed by atoms with van der Waals surface area (Å²) >= 11 is 0. The molecule has 0 saturated carbocycles. The highest BCUT2D eigenvalue weighted by Crippen LogP contribution is 2.22. The van der Waals surface area contributed by atoms with E-state index in [1.807, 2.05) is 6.07 Å². The lowest BCUT2D eigenvalue weighted by Crippen LogP contribution is -2.37. The summed E-state index contributed by atoms with van der Waals surface area (Å²) < 4.78 is 33.3. The summed E-state index contributed by atoms with van der Waals surface area (Å²) in [7, 11) is -3.88. The number of anilines is 1. The lowest BCUT2D eigenvalue weighted by atomic mass is 10.1. The molecule has 0 aliphatic carbocycles. The van der Waals surface area contributed by atoms with Crippen LogP contribution in [0.1, 0.15) is 26.3 Å². The van der Waals surface area contributed by atoms with E-state index in [1.165, 1.54) is 18.2 Å². The second kappa shape index (κ2) is 7.30. The predicted molar refractivity (Wildman–Crippen MR) is 99.5 cm³/mol. The number of pyridine rings is 1. The Labute approximate surface area is 161 Å². The van der Waals surface area contributed by atoms with E-state index >= 15 is 0 Å². The highest BCUT2D eigenvalue weighted by Gasteiger charge is 2.29. The Morgan fingerprint density at radius 1 is 1.11 bits per heavy atom. The SMILES string of the molecule is O=C1NC(=O)c2cc(S(=O)(=O)NCc3cccnc3N3CCOCC3)ccc21. The van der Waals surface area contributed by atoms with Gasteiger partial charge in [0.1, 0.15) is 5.82 Å². The minimum Gasteiger partial charge on any atom is -0.378 e. The van der Waals surface area contributed by atoms with Crippen molar-refractivity contribution in [2.75, 3.05) is 31.2 Å². The van der Waals surface area contributed by atoms with E-state index in [-0.39, 0.29) is 22.6 Å². The van der Waals surface area contributed by atoms with Crippen LogP contribution in [-0.2, 0) is 21.3 Å². The topological polar surface area (TPSA) is 118 Å². The molecule has 0 bridgehead atoms. The van der Waals surface area contributed by atoms with Gasteiger partial charge in [-0.3, -0.25) is 14.9 Å². The molecular formula is C18H18N4O5S. The van der Waals surface area contributed by atoms with E-state index in [0.717, 1.165) is 5.56 Å². The summed E-state index contributed by atoms with van der Waals surface area (Å²) in [5, 5.41) is 2.15. The van der Waals surface area contributed by atoms with Crippen LogP contribution in [0.2, 0.25) is 0 Å². The summed E-state index contributed by atoms with van der Waals surface area (Å²) in [6, 6.07) is 7.43. The van der Waals surface area contributed by atoms with Crippen LogP contribution in [0, 0.1) is 0 Å². The number of carbonyl (C=O) groups is 2. The van der Waals surface area contributed by atoms with E-state index in [9.17, 15) is 18.0 Å². The molecule has 0 atom stereocenters. The molecule has 2 aliphatic rings. The number of morpholine rings is 1. The predicted octanol–water partition coefficient (Wildman–Crippen LogP) is 0.280. The minimum atomic E-state index is -3.88. The number of carbonyl (C=O) groups excluding carboxylic acids is 2. The van der Waals surface area contributed by atoms with Gasteiger partial charge in [0.05, 0.1) is 29.2 Å². The minimum absolute atomic E-state index is 0.0467. The Balaban J connectivity index is 1.55. The Hall–Kier alpha value is -2.82. The van der Waals surface area contributed by atoms with Gasteiger partial charge in [-0.15, -0.1) is 0 Å². The van der Waals surface area contributed by atoms with E-state index in [1.54, 1.807) is 12.3 Å². The summed E-state index contributed by atoms with van der Waals surface area (Å²) in [5.74, 6) is -0.409. The van der Waals surface area contributed by atoms with Crippen molar-refractivity contribution in [1.82, 2.24) is 15.0 Å². The number of benzene rings is 1. The van der Waals surface area contributed by atoms with Crippen LogP contribution < -0.4 is 14.9 Å². The second-order valence-electron chi connectivity index (χ2n) is 6.40. The second-order valence-corrected chi connectivity index (χ2v) is 8.17. The van der Waals surface area contributed by atoms with Gasteiger partial charge < -0.3 is 9.64 Å². The number of hydrogen-bond acceptors (Lipinski definition) is 7. The summed E-state index contributed by atoms with van der Waals surface area (Å²) in [6.07, 6.45) is 1.67. The third kappa shape index (κ3) is 3.49. The number of hydrogen-bond donors (Lipinski definition) is 2. The molecule has 2 aromatic rings. The van der Waals surface area contributed by atoms with E-state index < -0.39 is 21.8 Å². The quantitative estimate of drug-likeness (QED) is 0.690. The van der Waals surface area contributed by atoms with Gasteiger partial charge in [0.25, 0.3) is 11.8 Å². The first-order chi connectivity index (χ1) is 13.5. The fourth-order valence-corrected chi connectivity index (χ4v) is 4.23. The highest BCUT2D eigenvalue weighted by atomic mass is 32.2. The summed E-state index contributed by atoms with van der Waals surface area (Å²) in [5.41, 5.74) is 0.969. The first kappa shape index (κ1) is 18.5. The van der Waals surface area contributed by atoms with Crippen LogP contribution in [-0.4, -0.2) is 51.5 Å². The first-order valence-corrected chi connectivity index (χ1v) is 10.2. The summed E-state index contributed by atoms with van der Waals surface area (Å²) in [4.78, 5) is 29.8. The molecule has 10 heteroatoms. The molecule has 1 aromatic heterocycles. The van der Waals surface area contributed by atoms with Crippen molar-refractivity contribution in [2.24, 2.45) is 0 Å². The van der Waals surface area contributed by atoms with Crippen molar-refractivity contribution in [3.05, 3.63) is 53.2 Å². The third-order valence-corrected chi connectivity index (χ3v) is 6.05. The van der Waals surface area contributed by atoms with Crippen molar-refractivity contribution in [3.63, 3.8) is 0 Å². The maximum absolute atomic E-state index is 12.7. The maximum Gasteiger partial charge on any atom is 0.258 e. The molecular weight excluding hydrogens is 384 g/mol. The largest absolute Gasteiger partial charge is 0.378 e. The Bertz CT molecular complexity index is 1050. The molecule has 1 aromatic carbocycles. The van der Waals surface area contributed by atoms with Gasteiger partial charge in [0.15, 0.2) is 0 Å². The first-order valence-electron chi connectivity index (χ1n) is 8.72. The van der Waals surface area contributed by atoms with Crippen molar-refractivity contribution in [2.45, 2.75) is 11.4 Å². The highest BCUT2D eigenvalue weighted by molar-refractivity contribution is 7.89. The van der Waals surface area contributed by atoms with Crippen LogP contribution in [0.4, 0.5) is 5.82 Å². The molecule has 1 saturated heterocycles. The number of nitrogens with zero attached hydrogens (tertiary/aromatic N) is 2. The normalized spacial score (nSPS) is 16.8. The average molecular weight is 402 g/mol. The zero-order valence-corrected chi connectivity index (χ0v) is 15.7. The Morgan fingerprint density at radius 2 is 1.86 bits per heavy atom. The molecule has 28 heavy (non-hydrogen) atoms. The number of nitrogens with one attached hydrogen (secondary N) is 2. The molecule has 1 fully saturated rings. The zero-order chi connectivity index (χ0) is 19.7. The third-order valence-electron chi connectivity index (χ3n) is 4.65. The van der Waals surface area contributed by atoms with Crippen LogP contribution in [0.3, 0.4) is 0 Å². The van der Waals surface area contributed by atoms with Gasteiger partial charge in [-0.1, -0.05) is 6.07 Å². The molecule has 4 rings (SSSR count). The van der Waals surface area contributed by atoms with E-state index in [4.69, 9.17) is 4.74 Å². The van der Waals surface area contributed by atoms with E-state index in [2.05, 4.69) is 19.9 Å². The van der Waals surface area contributed by atoms with Crippen molar-refractivity contribution in [1.29, 1.82) is 0 Å². The van der Waals surface area contributed by atoms with Gasteiger partial charge >= 0.3 is 0 Å². The van der Waals surface area contributed by atoms with Crippen LogP contribution in [0.25, 0.3) is 0 Å². The summed E-state index contributed by atoms with van der Waals surface area (Å²) in [6.45, 7) is 2.61. The molecule has 3 heterocycles. The molecule has 9 nitrogen and oxygen atoms in total. The fraction of sp³-hybridized carbons (Fsp3) is 0.278. The van der Waals surface area contributed by atoms with Crippen molar-refractivity contribution in [3.8, 4) is 0 Å². The van der Waals surface area contributed by atoms with E-state index in [0.29, 0.717) is 32.1 Å². The number of imide groups is 1. The smallest absolute Gasteiger partial charge is 0.258 e. The van der Waals surface area contributed by atoms with Crippen molar-refractivity contribution >= 4 is 27.7 Å². The monoisotopic (exact) mass is 402 g/mol. The standard InChI is InChI=1S/C18H18N4O5S/c23-17-14-4-3-13(10-15(14)18(24)21-17)28(25,26)20-11-12-2-1-5-19-16(12)22-6-8-27-9-7-22/h1-5,10,20H,6-9,11H2,(H,21,23,24). The van der Waals surface area contributed by atoms with Gasteiger partial charge in [0, 0.05) is 31.4 Å². The maximum atomic E-state index is 12.7. The number of ether oxygens (including phenoxy) is 1. The molecule has 0 unspecified atom stereocenters. The Kier molecular flexibility index (Phi) is 4.84. The number of amides is 2. The lowest BCUT2D eigenvalue weighted by Gasteiger charge is -2.29. The number of sulfonamides is 1. The zero-order valence-electron chi connectivity index (χ0n) is 14.8. The van der Waals surface area contributed by atoms with Gasteiger partial charge in [-0.05, 0) is 24.3 Å². The van der Waals surface area contributed by atoms with Gasteiger partial charge in [-0.2, -0.15) is 0 Å². The Morgan fingerprint density at radius 3 is 2.64 bits per heavy atom. The molecule has 2 N–H and O–H groups in total. The van der Waals surface area contributed by atoms with Gasteiger partial charge in [-0.25, -0.2) is 18.1 Å². The average Bonchev–Trinajstić information content (AvgIpc) is 3.01. The molecule has 0 radical (unpaired) electrons. The molecule has 2 amide bonds. The van der Waals surface area contributed by atoms with Crippen molar-refractivity contribution < 1.29 is 22.7 Å².